The van der Waals surface area contributed by atoms with Crippen LogP contribution in [0, 0.1) is 18.7 Å². The van der Waals surface area contributed by atoms with Crippen LogP contribution >= 0.6 is 0 Å². The standard InChI is InChI=1S/C22H25FN2O3/c1-15-3-5-16(6-4-15)19-13-25(14-20(19)21(26)24-11-12-28-2)22(27)17-7-9-18(23)10-8-17/h3-10,19-20H,11-14H2,1-2H3,(H,24,26). The highest BCUT2D eigenvalue weighted by Crippen LogP contribution is 2.34. The van der Waals surface area contributed by atoms with Crippen molar-refractivity contribution in [2.75, 3.05) is 33.4 Å². The molecule has 0 radical (unpaired) electrons. The van der Waals surface area contributed by atoms with Gasteiger partial charge in [-0.3, -0.25) is 9.59 Å². The van der Waals surface area contributed by atoms with Crippen molar-refractivity contribution in [1.29, 1.82) is 0 Å². The van der Waals surface area contributed by atoms with E-state index >= 15 is 0 Å². The highest BCUT2D eigenvalue weighted by molar-refractivity contribution is 5.95. The predicted octanol–water partition coefficient (Wildman–Crippen LogP) is 2.75. The van der Waals surface area contributed by atoms with Gasteiger partial charge in [-0.1, -0.05) is 29.8 Å². The Kier molecular flexibility index (Phi) is 6.41. The molecule has 3 rings (SSSR count). The van der Waals surface area contributed by atoms with Crippen molar-refractivity contribution in [2.45, 2.75) is 12.8 Å². The van der Waals surface area contributed by atoms with E-state index in [1.54, 1.807) is 12.0 Å². The lowest BCUT2D eigenvalue weighted by Gasteiger charge is -2.18. The maximum Gasteiger partial charge on any atom is 0.253 e. The van der Waals surface area contributed by atoms with Gasteiger partial charge >= 0.3 is 0 Å². The number of carbonyl (C=O) groups is 2. The van der Waals surface area contributed by atoms with Crippen LogP contribution in [-0.2, 0) is 9.53 Å². The van der Waals surface area contributed by atoms with Crippen LogP contribution in [-0.4, -0.2) is 50.1 Å². The van der Waals surface area contributed by atoms with Crippen LogP contribution in [0.4, 0.5) is 4.39 Å². The molecule has 1 heterocycles. The van der Waals surface area contributed by atoms with Crippen LogP contribution < -0.4 is 5.32 Å². The van der Waals surface area contributed by atoms with Gasteiger partial charge in [0.15, 0.2) is 0 Å². The molecule has 1 N–H and O–H groups in total. The van der Waals surface area contributed by atoms with Crippen molar-refractivity contribution in [3.63, 3.8) is 0 Å². The third-order valence-electron chi connectivity index (χ3n) is 5.15. The fraction of sp³-hybridized carbons (Fsp3) is 0.364. The van der Waals surface area contributed by atoms with E-state index in [9.17, 15) is 14.0 Å². The van der Waals surface area contributed by atoms with E-state index in [1.807, 2.05) is 31.2 Å². The molecular formula is C22H25FN2O3. The molecule has 6 heteroatoms. The average molecular weight is 384 g/mol. The molecule has 0 bridgehead atoms. The molecule has 2 amide bonds. The molecule has 2 aromatic carbocycles. The van der Waals surface area contributed by atoms with Gasteiger partial charge in [0, 0.05) is 38.2 Å². The number of amides is 2. The summed E-state index contributed by atoms with van der Waals surface area (Å²) in [5.74, 6) is -1.09. The Hall–Kier alpha value is -2.73. The minimum absolute atomic E-state index is 0.0861. The second-order valence-electron chi connectivity index (χ2n) is 7.12. The Bertz CT molecular complexity index is 821. The first-order chi connectivity index (χ1) is 13.5. The summed E-state index contributed by atoms with van der Waals surface area (Å²) < 4.78 is 18.2. The van der Waals surface area contributed by atoms with Crippen molar-refractivity contribution in [2.24, 2.45) is 5.92 Å². The first-order valence-corrected chi connectivity index (χ1v) is 9.37. The Morgan fingerprint density at radius 2 is 1.79 bits per heavy atom. The fourth-order valence-corrected chi connectivity index (χ4v) is 3.57. The molecule has 5 nitrogen and oxygen atoms in total. The number of nitrogens with one attached hydrogen (secondary N) is 1. The average Bonchev–Trinajstić information content (AvgIpc) is 3.14. The van der Waals surface area contributed by atoms with Gasteiger partial charge in [0.1, 0.15) is 5.82 Å². The summed E-state index contributed by atoms with van der Waals surface area (Å²) in [6.45, 7) is 3.65. The molecule has 0 aromatic heterocycles. The molecule has 0 saturated carbocycles. The predicted molar refractivity (Wildman–Crippen MR) is 105 cm³/mol. The Balaban J connectivity index is 1.81. The van der Waals surface area contributed by atoms with Gasteiger partial charge in [-0.15, -0.1) is 0 Å². The molecule has 28 heavy (non-hydrogen) atoms. The zero-order chi connectivity index (χ0) is 20.1. The zero-order valence-corrected chi connectivity index (χ0v) is 16.2. The van der Waals surface area contributed by atoms with Gasteiger partial charge in [0.2, 0.25) is 5.91 Å². The third kappa shape index (κ3) is 4.57. The Labute approximate surface area is 164 Å². The van der Waals surface area contributed by atoms with E-state index < -0.39 is 0 Å². The second-order valence-corrected chi connectivity index (χ2v) is 7.12. The zero-order valence-electron chi connectivity index (χ0n) is 16.2. The largest absolute Gasteiger partial charge is 0.383 e. The highest BCUT2D eigenvalue weighted by atomic mass is 19.1. The van der Waals surface area contributed by atoms with Gasteiger partial charge < -0.3 is 15.0 Å². The van der Waals surface area contributed by atoms with Gasteiger partial charge in [-0.25, -0.2) is 4.39 Å². The molecule has 2 unspecified atom stereocenters. The van der Waals surface area contributed by atoms with Crippen molar-refractivity contribution in [3.8, 4) is 0 Å². The van der Waals surface area contributed by atoms with Crippen LogP contribution in [0.1, 0.15) is 27.4 Å². The first kappa shape index (κ1) is 20.0. The molecule has 148 valence electrons. The lowest BCUT2D eigenvalue weighted by atomic mass is 9.88. The molecule has 0 spiro atoms. The molecule has 0 aliphatic carbocycles. The quantitative estimate of drug-likeness (QED) is 0.779. The summed E-state index contributed by atoms with van der Waals surface area (Å²) in [5, 5.41) is 2.89. The van der Waals surface area contributed by atoms with E-state index in [2.05, 4.69) is 5.32 Å². The molecular weight excluding hydrogens is 359 g/mol. The monoisotopic (exact) mass is 384 g/mol. The number of nitrogens with zero attached hydrogens (tertiary/aromatic N) is 1. The molecule has 2 atom stereocenters. The minimum Gasteiger partial charge on any atom is -0.383 e. The summed E-state index contributed by atoms with van der Waals surface area (Å²) in [6.07, 6.45) is 0. The maximum atomic E-state index is 13.2. The number of hydrogen-bond acceptors (Lipinski definition) is 3. The van der Waals surface area contributed by atoms with Crippen molar-refractivity contribution in [3.05, 3.63) is 71.0 Å². The minimum atomic E-state index is -0.383. The van der Waals surface area contributed by atoms with Crippen molar-refractivity contribution >= 4 is 11.8 Å². The smallest absolute Gasteiger partial charge is 0.253 e. The number of halogens is 1. The maximum absolute atomic E-state index is 13.2. The van der Waals surface area contributed by atoms with Crippen LogP contribution in [0.5, 0.6) is 0 Å². The number of carbonyl (C=O) groups excluding carboxylic acids is 2. The normalized spacial score (nSPS) is 18.9. The molecule has 1 saturated heterocycles. The van der Waals surface area contributed by atoms with E-state index in [1.165, 1.54) is 24.3 Å². The lowest BCUT2D eigenvalue weighted by molar-refractivity contribution is -0.125. The topological polar surface area (TPSA) is 58.6 Å². The fourth-order valence-electron chi connectivity index (χ4n) is 3.57. The highest BCUT2D eigenvalue weighted by Gasteiger charge is 2.40. The number of rotatable bonds is 6. The van der Waals surface area contributed by atoms with Crippen LogP contribution in [0.15, 0.2) is 48.5 Å². The van der Waals surface area contributed by atoms with Gasteiger partial charge in [0.25, 0.3) is 5.91 Å². The Morgan fingerprint density at radius 1 is 1.11 bits per heavy atom. The molecule has 1 fully saturated rings. The van der Waals surface area contributed by atoms with Gasteiger partial charge in [0.05, 0.1) is 12.5 Å². The number of likely N-dealkylation sites (tertiary alicyclic amines) is 1. The van der Waals surface area contributed by atoms with E-state index in [0.29, 0.717) is 31.8 Å². The lowest BCUT2D eigenvalue weighted by Crippen LogP contribution is -2.37. The molecule has 1 aliphatic heterocycles. The van der Waals surface area contributed by atoms with E-state index in [0.717, 1.165) is 11.1 Å². The van der Waals surface area contributed by atoms with E-state index in [-0.39, 0.29) is 29.5 Å². The third-order valence-corrected chi connectivity index (χ3v) is 5.15. The summed E-state index contributed by atoms with van der Waals surface area (Å²) in [7, 11) is 1.58. The van der Waals surface area contributed by atoms with Gasteiger partial charge in [-0.2, -0.15) is 0 Å². The van der Waals surface area contributed by atoms with Crippen molar-refractivity contribution in [1.82, 2.24) is 10.2 Å². The summed E-state index contributed by atoms with van der Waals surface area (Å²) >= 11 is 0. The summed E-state index contributed by atoms with van der Waals surface area (Å²) in [6, 6.07) is 13.6. The number of benzene rings is 2. The number of aryl methyl sites for hydroxylation is 1. The second kappa shape index (κ2) is 8.97. The number of methoxy groups -OCH3 is 1. The van der Waals surface area contributed by atoms with Crippen molar-refractivity contribution < 1.29 is 18.7 Å². The van der Waals surface area contributed by atoms with Crippen LogP contribution in [0.2, 0.25) is 0 Å². The van der Waals surface area contributed by atoms with E-state index in [4.69, 9.17) is 4.74 Å². The molecule has 1 aliphatic rings. The summed E-state index contributed by atoms with van der Waals surface area (Å²) in [4.78, 5) is 27.3. The molecule has 2 aromatic rings. The summed E-state index contributed by atoms with van der Waals surface area (Å²) in [5.41, 5.74) is 2.60. The number of ether oxygens (including phenoxy) is 1. The number of hydrogen-bond donors (Lipinski definition) is 1. The Morgan fingerprint density at radius 3 is 2.43 bits per heavy atom. The van der Waals surface area contributed by atoms with Gasteiger partial charge in [-0.05, 0) is 36.8 Å². The SMILES string of the molecule is COCCNC(=O)C1CN(C(=O)c2ccc(F)cc2)CC1c1ccc(C)cc1. The first-order valence-electron chi connectivity index (χ1n) is 9.37. The van der Waals surface area contributed by atoms with Crippen LogP contribution in [0.3, 0.4) is 0 Å². The van der Waals surface area contributed by atoms with Crippen LogP contribution in [0.25, 0.3) is 0 Å².